The van der Waals surface area contributed by atoms with Gasteiger partial charge in [0.25, 0.3) is 5.91 Å². The number of hydrogen-bond donors (Lipinski definition) is 3. The Morgan fingerprint density at radius 3 is 2.52 bits per heavy atom. The topological polar surface area (TPSA) is 111 Å². The predicted molar refractivity (Wildman–Crippen MR) is 126 cm³/mol. The summed E-state index contributed by atoms with van der Waals surface area (Å²) in [5.74, 6) is -0.551. The molecule has 1 unspecified atom stereocenters. The summed E-state index contributed by atoms with van der Waals surface area (Å²) in [6, 6.07) is 18.3. The van der Waals surface area contributed by atoms with Crippen molar-refractivity contribution >= 4 is 11.8 Å². The van der Waals surface area contributed by atoms with Gasteiger partial charge in [0, 0.05) is 19.6 Å². The second-order valence-corrected chi connectivity index (χ2v) is 8.38. The third-order valence-corrected chi connectivity index (χ3v) is 6.06. The van der Waals surface area contributed by atoms with E-state index in [0.29, 0.717) is 32.4 Å². The minimum absolute atomic E-state index is 0.0467. The van der Waals surface area contributed by atoms with Crippen LogP contribution in [0.25, 0.3) is 11.1 Å². The quantitative estimate of drug-likeness (QED) is 0.485. The molecule has 0 bridgehead atoms. The Morgan fingerprint density at radius 1 is 1.12 bits per heavy atom. The molecule has 2 amide bonds. The third-order valence-electron chi connectivity index (χ3n) is 6.06. The number of likely N-dealkylation sites (tertiary alicyclic amines) is 1. The number of benzene rings is 2. The molecule has 1 aromatic heterocycles. The van der Waals surface area contributed by atoms with Gasteiger partial charge in [-0.05, 0) is 36.0 Å². The Balaban J connectivity index is 1.59. The Labute approximate surface area is 191 Å². The number of H-pyrrole nitrogens is 2. The van der Waals surface area contributed by atoms with Gasteiger partial charge in [0.2, 0.25) is 11.7 Å². The first-order valence-electron chi connectivity index (χ1n) is 11.0. The fourth-order valence-corrected chi connectivity index (χ4v) is 4.42. The van der Waals surface area contributed by atoms with Crippen LogP contribution in [0.4, 0.5) is 0 Å². The molecule has 0 spiro atoms. The van der Waals surface area contributed by atoms with Gasteiger partial charge in [-0.1, -0.05) is 60.7 Å². The molecule has 3 N–H and O–H groups in total. The average molecular weight is 446 g/mol. The van der Waals surface area contributed by atoms with E-state index in [1.165, 1.54) is 0 Å². The molecule has 8 nitrogen and oxygen atoms in total. The highest BCUT2D eigenvalue weighted by Gasteiger charge is 2.43. The number of rotatable bonds is 7. The van der Waals surface area contributed by atoms with Crippen LogP contribution in [-0.4, -0.2) is 51.5 Å². The van der Waals surface area contributed by atoms with E-state index >= 15 is 0 Å². The molecule has 8 heteroatoms. The molecule has 1 saturated heterocycles. The van der Waals surface area contributed by atoms with Gasteiger partial charge in [0.05, 0.1) is 5.41 Å². The zero-order chi connectivity index (χ0) is 23.3. The molecular weight excluding hydrogens is 418 g/mol. The first-order chi connectivity index (χ1) is 16.0. The van der Waals surface area contributed by atoms with Crippen LogP contribution in [-0.2, 0) is 11.2 Å². The molecule has 1 aliphatic rings. The van der Waals surface area contributed by atoms with Crippen molar-refractivity contribution in [1.29, 1.82) is 0 Å². The molecule has 2 heterocycles. The maximum atomic E-state index is 13.3. The van der Waals surface area contributed by atoms with Gasteiger partial charge >= 0.3 is 5.69 Å². The van der Waals surface area contributed by atoms with Crippen molar-refractivity contribution in [1.82, 2.24) is 25.4 Å². The summed E-state index contributed by atoms with van der Waals surface area (Å²) >= 11 is 0. The van der Waals surface area contributed by atoms with Crippen molar-refractivity contribution in [2.75, 3.05) is 19.6 Å². The Bertz CT molecular complexity index is 1180. The minimum Gasteiger partial charge on any atom is -0.352 e. The van der Waals surface area contributed by atoms with Gasteiger partial charge in [-0.2, -0.15) is 0 Å². The van der Waals surface area contributed by atoms with Crippen molar-refractivity contribution in [2.45, 2.75) is 19.3 Å². The van der Waals surface area contributed by atoms with E-state index in [-0.39, 0.29) is 18.3 Å². The van der Waals surface area contributed by atoms with Crippen LogP contribution in [0.1, 0.15) is 29.0 Å². The largest absolute Gasteiger partial charge is 0.352 e. The van der Waals surface area contributed by atoms with Crippen molar-refractivity contribution < 1.29 is 9.59 Å². The van der Waals surface area contributed by atoms with Crippen LogP contribution in [0.5, 0.6) is 0 Å². The van der Waals surface area contributed by atoms with E-state index in [4.69, 9.17) is 0 Å². The first-order valence-corrected chi connectivity index (χ1v) is 11.0. The molecule has 170 valence electrons. The number of hydrogen-bond acceptors (Lipinski definition) is 4. The fraction of sp³-hybridized carbons (Fsp3) is 0.280. The number of piperidine rings is 1. The zero-order valence-corrected chi connectivity index (χ0v) is 18.3. The highest BCUT2D eigenvalue weighted by molar-refractivity contribution is 5.91. The van der Waals surface area contributed by atoms with Crippen LogP contribution in [0, 0.1) is 5.41 Å². The lowest BCUT2D eigenvalue weighted by atomic mass is 9.74. The second-order valence-electron chi connectivity index (χ2n) is 8.38. The van der Waals surface area contributed by atoms with Gasteiger partial charge in [-0.3, -0.25) is 14.6 Å². The highest BCUT2D eigenvalue weighted by atomic mass is 16.2. The summed E-state index contributed by atoms with van der Waals surface area (Å²) < 4.78 is 0. The van der Waals surface area contributed by atoms with Crippen LogP contribution in [0.3, 0.4) is 0 Å². The lowest BCUT2D eigenvalue weighted by Crippen LogP contribution is -2.54. The van der Waals surface area contributed by atoms with Crippen molar-refractivity contribution in [3.63, 3.8) is 0 Å². The number of aromatic amines is 2. The summed E-state index contributed by atoms with van der Waals surface area (Å²) in [4.78, 5) is 41.6. The summed E-state index contributed by atoms with van der Waals surface area (Å²) in [6.45, 7) is 4.78. The molecule has 0 saturated carbocycles. The summed E-state index contributed by atoms with van der Waals surface area (Å²) in [7, 11) is 0. The normalized spacial score (nSPS) is 18.0. The Kier molecular flexibility index (Phi) is 6.53. The van der Waals surface area contributed by atoms with Crippen LogP contribution >= 0.6 is 0 Å². The first kappa shape index (κ1) is 22.3. The molecule has 0 aliphatic carbocycles. The van der Waals surface area contributed by atoms with E-state index < -0.39 is 17.0 Å². The van der Waals surface area contributed by atoms with E-state index in [2.05, 4.69) is 51.3 Å². The van der Waals surface area contributed by atoms with Gasteiger partial charge < -0.3 is 10.2 Å². The van der Waals surface area contributed by atoms with Crippen LogP contribution in [0.2, 0.25) is 0 Å². The number of carbonyl (C=O) groups is 2. The molecule has 0 radical (unpaired) electrons. The molecule has 1 fully saturated rings. The van der Waals surface area contributed by atoms with Crippen LogP contribution < -0.4 is 11.0 Å². The number of carbonyl (C=O) groups excluding carboxylic acids is 2. The minimum atomic E-state index is -0.790. The van der Waals surface area contributed by atoms with E-state index in [0.717, 1.165) is 16.7 Å². The lowest BCUT2D eigenvalue weighted by Gasteiger charge is -2.41. The Hall–Kier alpha value is -3.94. The predicted octanol–water partition coefficient (Wildman–Crippen LogP) is 2.53. The van der Waals surface area contributed by atoms with Gasteiger partial charge in [-0.15, -0.1) is 11.7 Å². The molecule has 1 atom stereocenters. The standard InChI is InChI=1S/C25H27N5O3/c1-2-14-26-23(32)25(13-6-15-30(17-25)22(31)21-27-24(33)29-28-21)16-18-9-11-20(12-10-18)19-7-4-3-5-8-19/h2-5,7-12H,1,6,13-17H2,(H,26,32)(H2,27,28,29,33). The van der Waals surface area contributed by atoms with Crippen LogP contribution in [0.15, 0.2) is 72.0 Å². The Morgan fingerprint density at radius 2 is 1.85 bits per heavy atom. The maximum absolute atomic E-state index is 13.3. The van der Waals surface area contributed by atoms with E-state index in [9.17, 15) is 14.4 Å². The van der Waals surface area contributed by atoms with Gasteiger partial charge in [0.15, 0.2) is 0 Å². The molecule has 33 heavy (non-hydrogen) atoms. The monoisotopic (exact) mass is 445 g/mol. The maximum Gasteiger partial charge on any atom is 0.341 e. The number of nitrogens with zero attached hydrogens (tertiary/aromatic N) is 2. The fourth-order valence-electron chi connectivity index (χ4n) is 4.42. The molecule has 3 aromatic rings. The van der Waals surface area contributed by atoms with Crippen molar-refractivity contribution in [3.05, 3.63) is 89.1 Å². The van der Waals surface area contributed by atoms with Crippen molar-refractivity contribution in [2.24, 2.45) is 5.41 Å². The second kappa shape index (κ2) is 9.68. The molecule has 1 aliphatic heterocycles. The summed E-state index contributed by atoms with van der Waals surface area (Å²) in [6.07, 6.45) is 3.45. The third kappa shape index (κ3) is 4.95. The smallest absolute Gasteiger partial charge is 0.341 e. The van der Waals surface area contributed by atoms with E-state index in [1.807, 2.05) is 30.3 Å². The van der Waals surface area contributed by atoms with Gasteiger partial charge in [-0.25, -0.2) is 9.89 Å². The summed E-state index contributed by atoms with van der Waals surface area (Å²) in [5.41, 5.74) is 1.93. The zero-order valence-electron chi connectivity index (χ0n) is 18.3. The average Bonchev–Trinajstić information content (AvgIpc) is 3.29. The highest BCUT2D eigenvalue weighted by Crippen LogP contribution is 2.35. The molecular formula is C25H27N5O3. The molecule has 2 aromatic carbocycles. The lowest BCUT2D eigenvalue weighted by molar-refractivity contribution is -0.133. The van der Waals surface area contributed by atoms with Gasteiger partial charge in [0.1, 0.15) is 0 Å². The number of nitrogens with one attached hydrogen (secondary N) is 3. The van der Waals surface area contributed by atoms with Crippen molar-refractivity contribution in [3.8, 4) is 11.1 Å². The molecule has 4 rings (SSSR count). The number of amides is 2. The summed E-state index contributed by atoms with van der Waals surface area (Å²) in [5, 5.41) is 8.91. The SMILES string of the molecule is C=CCNC(=O)C1(Cc2ccc(-c3ccccc3)cc2)CCCN(C(=O)c2n[nH]c(=O)[nH]2)C1. The number of aromatic nitrogens is 3. The van der Waals surface area contributed by atoms with E-state index in [1.54, 1.807) is 11.0 Å².